The third-order valence-electron chi connectivity index (χ3n) is 3.65. The molecule has 0 bridgehead atoms. The third-order valence-corrected chi connectivity index (χ3v) is 3.65. The van der Waals surface area contributed by atoms with Crippen LogP contribution in [0.25, 0.3) is 11.3 Å². The third kappa shape index (κ3) is 2.58. The fourth-order valence-corrected chi connectivity index (χ4v) is 2.75. The number of benzene rings is 1. The molecule has 0 radical (unpaired) electrons. The molecule has 0 amide bonds. The largest absolute Gasteiger partial charge is 0.383 e. The average Bonchev–Trinajstić information content (AvgIpc) is 2.67. The van der Waals surface area contributed by atoms with E-state index in [1.807, 2.05) is 0 Å². The van der Waals surface area contributed by atoms with Gasteiger partial charge in [0, 0.05) is 18.0 Å². The van der Waals surface area contributed by atoms with E-state index in [1.165, 1.54) is 11.1 Å². The first-order chi connectivity index (χ1) is 9.45. The zero-order chi connectivity index (χ0) is 14.9. The van der Waals surface area contributed by atoms with E-state index in [2.05, 4.69) is 57.4 Å². The first kappa shape index (κ1) is 14.6. The monoisotopic (exact) mass is 271 g/mol. The topological polar surface area (TPSA) is 43.8 Å². The van der Waals surface area contributed by atoms with Crippen molar-refractivity contribution in [1.29, 1.82) is 0 Å². The predicted octanol–water partition coefficient (Wildman–Crippen LogP) is 4.28. The summed E-state index contributed by atoms with van der Waals surface area (Å²) in [4.78, 5) is 4.82. The minimum atomic E-state index is 0.337. The summed E-state index contributed by atoms with van der Waals surface area (Å²) in [6, 6.07) is 6.77. The summed E-state index contributed by atoms with van der Waals surface area (Å²) < 4.78 is 2.16. The molecule has 0 saturated heterocycles. The van der Waals surface area contributed by atoms with Gasteiger partial charge < -0.3 is 10.3 Å². The van der Waals surface area contributed by atoms with Crippen molar-refractivity contribution in [1.82, 2.24) is 9.55 Å². The van der Waals surface area contributed by atoms with Crippen molar-refractivity contribution < 1.29 is 0 Å². The van der Waals surface area contributed by atoms with Crippen molar-refractivity contribution in [3.63, 3.8) is 0 Å². The molecule has 0 aliphatic carbocycles. The fraction of sp³-hybridized carbons (Fsp3) is 0.471. The Morgan fingerprint density at radius 3 is 2.50 bits per heavy atom. The number of hydrogen-bond donors (Lipinski definition) is 1. The average molecular weight is 271 g/mol. The minimum Gasteiger partial charge on any atom is -0.383 e. The maximum absolute atomic E-state index is 6.37. The van der Waals surface area contributed by atoms with Gasteiger partial charge in [-0.3, -0.25) is 0 Å². The van der Waals surface area contributed by atoms with Crippen molar-refractivity contribution in [2.24, 2.45) is 0 Å². The predicted molar refractivity (Wildman–Crippen MR) is 85.9 cm³/mol. The van der Waals surface area contributed by atoms with Crippen molar-refractivity contribution in [3.8, 4) is 11.3 Å². The summed E-state index contributed by atoms with van der Waals surface area (Å²) in [6.07, 6.45) is 2.04. The smallest absolute Gasteiger partial charge is 0.131 e. The molecule has 20 heavy (non-hydrogen) atoms. The SMILES string of the molecule is CCCc1nc(-c2ccc(C)cc2C)c(N)n1C(C)C. The number of hydrogen-bond acceptors (Lipinski definition) is 2. The number of aryl methyl sites for hydroxylation is 3. The van der Waals surface area contributed by atoms with Gasteiger partial charge in [-0.05, 0) is 39.7 Å². The molecule has 2 N–H and O–H groups in total. The van der Waals surface area contributed by atoms with Crippen molar-refractivity contribution in [2.75, 3.05) is 5.73 Å². The maximum Gasteiger partial charge on any atom is 0.131 e. The molecule has 1 heterocycles. The number of nitrogen functional groups attached to an aromatic ring is 1. The Morgan fingerprint density at radius 2 is 1.95 bits per heavy atom. The van der Waals surface area contributed by atoms with Gasteiger partial charge in [0.1, 0.15) is 17.3 Å². The molecule has 0 fully saturated rings. The summed E-state index contributed by atoms with van der Waals surface area (Å²) in [5.74, 6) is 1.88. The number of aromatic nitrogens is 2. The number of imidazole rings is 1. The first-order valence-corrected chi connectivity index (χ1v) is 7.39. The van der Waals surface area contributed by atoms with E-state index in [0.29, 0.717) is 6.04 Å². The first-order valence-electron chi connectivity index (χ1n) is 7.39. The van der Waals surface area contributed by atoms with Crippen LogP contribution >= 0.6 is 0 Å². The van der Waals surface area contributed by atoms with Crippen LogP contribution < -0.4 is 5.73 Å². The quantitative estimate of drug-likeness (QED) is 0.901. The molecule has 0 aliphatic rings. The summed E-state index contributed by atoms with van der Waals surface area (Å²) in [5.41, 5.74) is 10.9. The Balaban J connectivity index is 2.60. The van der Waals surface area contributed by atoms with E-state index in [0.717, 1.165) is 35.7 Å². The van der Waals surface area contributed by atoms with Crippen molar-refractivity contribution in [3.05, 3.63) is 35.2 Å². The van der Waals surface area contributed by atoms with Gasteiger partial charge in [-0.2, -0.15) is 0 Å². The van der Waals surface area contributed by atoms with E-state index in [4.69, 9.17) is 10.7 Å². The highest BCUT2D eigenvalue weighted by molar-refractivity contribution is 5.74. The lowest BCUT2D eigenvalue weighted by Crippen LogP contribution is -2.09. The van der Waals surface area contributed by atoms with Gasteiger partial charge in [-0.1, -0.05) is 30.7 Å². The molecular formula is C17H25N3. The summed E-state index contributed by atoms with van der Waals surface area (Å²) in [5, 5.41) is 0. The highest BCUT2D eigenvalue weighted by atomic mass is 15.2. The second-order valence-electron chi connectivity index (χ2n) is 5.79. The molecule has 0 atom stereocenters. The molecule has 1 aromatic carbocycles. The molecule has 0 unspecified atom stereocenters. The second-order valence-corrected chi connectivity index (χ2v) is 5.79. The van der Waals surface area contributed by atoms with Crippen LogP contribution in [0, 0.1) is 13.8 Å². The normalized spacial score (nSPS) is 11.3. The lowest BCUT2D eigenvalue weighted by molar-refractivity contribution is 0.571. The van der Waals surface area contributed by atoms with Gasteiger partial charge in [-0.15, -0.1) is 0 Å². The molecule has 3 nitrogen and oxygen atoms in total. The molecule has 108 valence electrons. The zero-order valence-electron chi connectivity index (χ0n) is 13.2. The fourth-order valence-electron chi connectivity index (χ4n) is 2.75. The van der Waals surface area contributed by atoms with Gasteiger partial charge in [0.15, 0.2) is 0 Å². The highest BCUT2D eigenvalue weighted by Gasteiger charge is 2.18. The Kier molecular flexibility index (Phi) is 4.17. The molecule has 2 rings (SSSR count). The van der Waals surface area contributed by atoms with E-state index in [1.54, 1.807) is 0 Å². The van der Waals surface area contributed by atoms with E-state index < -0.39 is 0 Å². The number of nitrogens with two attached hydrogens (primary N) is 1. The molecule has 0 saturated carbocycles. The summed E-state index contributed by atoms with van der Waals surface area (Å²) in [7, 11) is 0. The Morgan fingerprint density at radius 1 is 1.25 bits per heavy atom. The standard InChI is InChI=1S/C17H25N3/c1-6-7-15-19-16(17(18)20(15)11(2)3)14-9-8-12(4)10-13(14)5/h8-11H,6-7,18H2,1-5H3. The van der Waals surface area contributed by atoms with Gasteiger partial charge >= 0.3 is 0 Å². The second kappa shape index (κ2) is 5.70. The Hall–Kier alpha value is -1.77. The molecule has 2 aromatic rings. The molecule has 3 heteroatoms. The van der Waals surface area contributed by atoms with Crippen LogP contribution in [0.4, 0.5) is 5.82 Å². The van der Waals surface area contributed by atoms with Crippen LogP contribution in [0.1, 0.15) is 50.2 Å². The maximum atomic E-state index is 6.37. The van der Waals surface area contributed by atoms with Crippen LogP contribution in [0.3, 0.4) is 0 Å². The number of rotatable bonds is 4. The van der Waals surface area contributed by atoms with Crippen LogP contribution in [-0.4, -0.2) is 9.55 Å². The number of anilines is 1. The van der Waals surface area contributed by atoms with Crippen LogP contribution in [0.5, 0.6) is 0 Å². The van der Waals surface area contributed by atoms with Gasteiger partial charge in [0.25, 0.3) is 0 Å². The summed E-state index contributed by atoms with van der Waals surface area (Å²) >= 11 is 0. The van der Waals surface area contributed by atoms with E-state index >= 15 is 0 Å². The van der Waals surface area contributed by atoms with Crippen LogP contribution in [0.15, 0.2) is 18.2 Å². The number of nitrogens with zero attached hydrogens (tertiary/aromatic N) is 2. The molecular weight excluding hydrogens is 246 g/mol. The lowest BCUT2D eigenvalue weighted by Gasteiger charge is -2.13. The van der Waals surface area contributed by atoms with Gasteiger partial charge in [0.2, 0.25) is 0 Å². The van der Waals surface area contributed by atoms with E-state index in [-0.39, 0.29) is 0 Å². The Labute approximate surface area is 121 Å². The van der Waals surface area contributed by atoms with Crippen LogP contribution in [-0.2, 0) is 6.42 Å². The lowest BCUT2D eigenvalue weighted by atomic mass is 10.0. The summed E-state index contributed by atoms with van der Waals surface area (Å²) in [6.45, 7) is 10.7. The molecule has 1 aromatic heterocycles. The highest BCUT2D eigenvalue weighted by Crippen LogP contribution is 2.31. The van der Waals surface area contributed by atoms with Gasteiger partial charge in [0.05, 0.1) is 0 Å². The van der Waals surface area contributed by atoms with E-state index in [9.17, 15) is 0 Å². The van der Waals surface area contributed by atoms with Crippen LogP contribution in [0.2, 0.25) is 0 Å². The molecule has 0 spiro atoms. The van der Waals surface area contributed by atoms with Crippen molar-refractivity contribution >= 4 is 5.82 Å². The van der Waals surface area contributed by atoms with Crippen molar-refractivity contribution in [2.45, 2.75) is 53.5 Å². The zero-order valence-corrected chi connectivity index (χ0v) is 13.2. The van der Waals surface area contributed by atoms with Gasteiger partial charge in [-0.25, -0.2) is 4.98 Å². The molecule has 0 aliphatic heterocycles. The minimum absolute atomic E-state index is 0.337. The Bertz CT molecular complexity index is 609.